The molecule has 0 aliphatic heterocycles. The Labute approximate surface area is 203 Å². The minimum absolute atomic E-state index is 0.135. The molecule has 0 amide bonds. The van der Waals surface area contributed by atoms with E-state index in [4.69, 9.17) is 19.3 Å². The number of carboxylic acids is 1. The maximum atomic E-state index is 14.8. The summed E-state index contributed by atoms with van der Waals surface area (Å²) in [5.41, 5.74) is 0.230. The summed E-state index contributed by atoms with van der Waals surface area (Å²) in [5, 5.41) is 9.26. The summed E-state index contributed by atoms with van der Waals surface area (Å²) in [6.07, 6.45) is 1.40. The Kier molecular flexibility index (Phi) is 6.88. The van der Waals surface area contributed by atoms with Crippen LogP contribution in [0.3, 0.4) is 0 Å². The number of nitrogens with zero attached hydrogens (tertiary/aromatic N) is 1. The highest BCUT2D eigenvalue weighted by atomic mass is 32.2. The molecule has 0 unspecified atom stereocenters. The zero-order valence-corrected chi connectivity index (χ0v) is 19.4. The number of hydrogen-bond acceptors (Lipinski definition) is 7. The number of halogens is 2. The number of pyridine rings is 1. The SMILES string of the molecule is COc1cc2c(Oc3ccc(NS(=O)(=O)c4ccccc4F)cc3F)ccnc2cc1OCC(=O)O. The molecular formula is C24H18F2N2O7S. The van der Waals surface area contributed by atoms with Crippen molar-refractivity contribution in [3.8, 4) is 23.0 Å². The monoisotopic (exact) mass is 516 g/mol. The van der Waals surface area contributed by atoms with Gasteiger partial charge in [0.05, 0.1) is 18.3 Å². The minimum atomic E-state index is -4.29. The molecular weight excluding hydrogens is 498 g/mol. The first-order chi connectivity index (χ1) is 17.2. The van der Waals surface area contributed by atoms with E-state index in [1.165, 1.54) is 55.8 Å². The van der Waals surface area contributed by atoms with Crippen LogP contribution in [0.1, 0.15) is 0 Å². The number of anilines is 1. The summed E-state index contributed by atoms with van der Waals surface area (Å²) in [7, 11) is -2.92. The number of sulfonamides is 1. The summed E-state index contributed by atoms with van der Waals surface area (Å²) in [6, 6.07) is 12.6. The van der Waals surface area contributed by atoms with E-state index < -0.39 is 39.1 Å². The molecule has 0 spiro atoms. The van der Waals surface area contributed by atoms with Gasteiger partial charge in [-0.2, -0.15) is 0 Å². The molecule has 12 heteroatoms. The Hall–Kier alpha value is -4.45. The van der Waals surface area contributed by atoms with Crippen molar-refractivity contribution in [1.29, 1.82) is 0 Å². The van der Waals surface area contributed by atoms with E-state index in [0.29, 0.717) is 10.9 Å². The van der Waals surface area contributed by atoms with Gasteiger partial charge in [0.25, 0.3) is 10.0 Å². The Morgan fingerprint density at radius 1 is 0.972 bits per heavy atom. The zero-order valence-electron chi connectivity index (χ0n) is 18.6. The summed E-state index contributed by atoms with van der Waals surface area (Å²) >= 11 is 0. The van der Waals surface area contributed by atoms with E-state index in [1.807, 2.05) is 0 Å². The van der Waals surface area contributed by atoms with Crippen molar-refractivity contribution in [3.05, 3.63) is 78.5 Å². The van der Waals surface area contributed by atoms with Crippen LogP contribution in [0.5, 0.6) is 23.0 Å². The first-order valence-electron chi connectivity index (χ1n) is 10.2. The van der Waals surface area contributed by atoms with Gasteiger partial charge < -0.3 is 19.3 Å². The third-order valence-electron chi connectivity index (χ3n) is 4.87. The van der Waals surface area contributed by atoms with Crippen LogP contribution >= 0.6 is 0 Å². The number of carbonyl (C=O) groups is 1. The molecule has 0 aliphatic rings. The summed E-state index contributed by atoms with van der Waals surface area (Å²) < 4.78 is 72.0. The highest BCUT2D eigenvalue weighted by Gasteiger charge is 2.20. The Balaban J connectivity index is 1.61. The van der Waals surface area contributed by atoms with Crippen molar-refractivity contribution in [3.63, 3.8) is 0 Å². The number of ether oxygens (including phenoxy) is 3. The lowest BCUT2D eigenvalue weighted by atomic mass is 10.1. The lowest BCUT2D eigenvalue weighted by Crippen LogP contribution is -2.14. The highest BCUT2D eigenvalue weighted by Crippen LogP contribution is 2.38. The summed E-state index contributed by atoms with van der Waals surface area (Å²) in [4.78, 5) is 14.4. The van der Waals surface area contributed by atoms with Gasteiger partial charge >= 0.3 is 5.97 Å². The molecule has 186 valence electrons. The van der Waals surface area contributed by atoms with Gasteiger partial charge in [-0.15, -0.1) is 0 Å². The first-order valence-corrected chi connectivity index (χ1v) is 11.7. The molecule has 0 fully saturated rings. The molecule has 0 aliphatic carbocycles. The molecule has 0 saturated carbocycles. The average Bonchev–Trinajstić information content (AvgIpc) is 2.83. The van der Waals surface area contributed by atoms with Crippen molar-refractivity contribution < 1.29 is 41.3 Å². The lowest BCUT2D eigenvalue weighted by molar-refractivity contribution is -0.139. The topological polar surface area (TPSA) is 124 Å². The van der Waals surface area contributed by atoms with E-state index >= 15 is 0 Å². The van der Waals surface area contributed by atoms with Crippen molar-refractivity contribution in [2.45, 2.75) is 4.90 Å². The second-order valence-electron chi connectivity index (χ2n) is 7.29. The van der Waals surface area contributed by atoms with Crippen LogP contribution in [0.2, 0.25) is 0 Å². The fourth-order valence-corrected chi connectivity index (χ4v) is 4.40. The van der Waals surface area contributed by atoms with Crippen LogP contribution in [0, 0.1) is 11.6 Å². The summed E-state index contributed by atoms with van der Waals surface area (Å²) in [6.45, 7) is -0.587. The Morgan fingerprint density at radius 2 is 1.75 bits per heavy atom. The Morgan fingerprint density at radius 3 is 2.44 bits per heavy atom. The number of hydrogen-bond donors (Lipinski definition) is 2. The normalized spacial score (nSPS) is 11.2. The number of nitrogens with one attached hydrogen (secondary N) is 1. The van der Waals surface area contributed by atoms with Crippen LogP contribution in [-0.4, -0.2) is 38.2 Å². The summed E-state index contributed by atoms with van der Waals surface area (Å²) in [5.74, 6) is -2.67. The van der Waals surface area contributed by atoms with Gasteiger partial charge in [0.2, 0.25) is 0 Å². The van der Waals surface area contributed by atoms with Gasteiger partial charge in [0.15, 0.2) is 29.7 Å². The molecule has 0 saturated heterocycles. The average molecular weight is 516 g/mol. The first kappa shape index (κ1) is 24.7. The van der Waals surface area contributed by atoms with Gasteiger partial charge in [-0.1, -0.05) is 12.1 Å². The quantitative estimate of drug-likeness (QED) is 0.331. The number of benzene rings is 3. The third-order valence-corrected chi connectivity index (χ3v) is 6.28. The molecule has 1 heterocycles. The van der Waals surface area contributed by atoms with Crippen LogP contribution in [0.4, 0.5) is 14.5 Å². The van der Waals surface area contributed by atoms with Gasteiger partial charge in [-0.3, -0.25) is 9.71 Å². The molecule has 4 rings (SSSR count). The highest BCUT2D eigenvalue weighted by molar-refractivity contribution is 7.92. The molecule has 0 radical (unpaired) electrons. The second-order valence-corrected chi connectivity index (χ2v) is 8.95. The number of fused-ring (bicyclic) bond motifs is 1. The van der Waals surface area contributed by atoms with Crippen molar-refractivity contribution in [2.75, 3.05) is 18.4 Å². The van der Waals surface area contributed by atoms with Gasteiger partial charge in [0, 0.05) is 23.7 Å². The minimum Gasteiger partial charge on any atom is -0.493 e. The maximum absolute atomic E-state index is 14.8. The predicted octanol–water partition coefficient (Wildman–Crippen LogP) is 4.58. The van der Waals surface area contributed by atoms with Gasteiger partial charge in [0.1, 0.15) is 16.5 Å². The van der Waals surface area contributed by atoms with Crippen LogP contribution in [0.15, 0.2) is 71.8 Å². The molecule has 9 nitrogen and oxygen atoms in total. The van der Waals surface area contributed by atoms with Crippen LogP contribution < -0.4 is 18.9 Å². The van der Waals surface area contributed by atoms with E-state index in [-0.39, 0.29) is 28.7 Å². The van der Waals surface area contributed by atoms with E-state index in [1.54, 1.807) is 0 Å². The molecule has 2 N–H and O–H groups in total. The predicted molar refractivity (Wildman–Crippen MR) is 125 cm³/mol. The van der Waals surface area contributed by atoms with E-state index in [9.17, 15) is 22.0 Å². The lowest BCUT2D eigenvalue weighted by Gasteiger charge is -2.14. The molecule has 36 heavy (non-hydrogen) atoms. The van der Waals surface area contributed by atoms with E-state index in [2.05, 4.69) is 9.71 Å². The number of carboxylic acid groups (broad SMARTS) is 1. The number of aromatic nitrogens is 1. The van der Waals surface area contributed by atoms with Crippen molar-refractivity contribution >= 4 is 32.6 Å². The Bertz CT molecular complexity index is 1560. The number of rotatable bonds is 9. The zero-order chi connectivity index (χ0) is 25.9. The maximum Gasteiger partial charge on any atom is 0.341 e. The van der Waals surface area contributed by atoms with Crippen LogP contribution in [0.25, 0.3) is 10.9 Å². The molecule has 0 atom stereocenters. The standard InChI is InChI=1S/C24H18F2N2O7S/c1-33-21-11-15-18(12-22(21)34-13-24(29)30)27-9-8-19(15)35-20-7-6-14(10-17(20)26)28-36(31,32)23-5-3-2-4-16(23)25/h2-12,28H,13H2,1H3,(H,29,30). The number of aliphatic carboxylic acids is 1. The second kappa shape index (κ2) is 10.0. The largest absolute Gasteiger partial charge is 0.493 e. The van der Waals surface area contributed by atoms with Crippen molar-refractivity contribution in [1.82, 2.24) is 4.98 Å². The van der Waals surface area contributed by atoms with Crippen LogP contribution in [-0.2, 0) is 14.8 Å². The van der Waals surface area contributed by atoms with Gasteiger partial charge in [-0.25, -0.2) is 22.0 Å². The molecule has 0 bridgehead atoms. The third kappa shape index (κ3) is 5.28. The fourth-order valence-electron chi connectivity index (χ4n) is 3.27. The van der Waals surface area contributed by atoms with E-state index in [0.717, 1.165) is 18.2 Å². The fraction of sp³-hybridized carbons (Fsp3) is 0.0833. The molecule has 1 aromatic heterocycles. The number of methoxy groups -OCH3 is 1. The van der Waals surface area contributed by atoms with Gasteiger partial charge in [-0.05, 0) is 36.4 Å². The smallest absolute Gasteiger partial charge is 0.341 e. The molecule has 4 aromatic rings. The van der Waals surface area contributed by atoms with Crippen molar-refractivity contribution in [2.24, 2.45) is 0 Å². The molecule has 3 aromatic carbocycles.